The van der Waals surface area contributed by atoms with Crippen LogP contribution in [0.2, 0.25) is 0 Å². The monoisotopic (exact) mass is 156 g/mol. The summed E-state index contributed by atoms with van der Waals surface area (Å²) in [6.07, 6.45) is 3.52. The van der Waals surface area contributed by atoms with Crippen LogP contribution in [0.4, 0.5) is 0 Å². The van der Waals surface area contributed by atoms with Crippen molar-refractivity contribution in [3.63, 3.8) is 0 Å². The van der Waals surface area contributed by atoms with E-state index in [0.29, 0.717) is 5.92 Å². The van der Waals surface area contributed by atoms with E-state index in [1.807, 2.05) is 0 Å². The maximum Gasteiger partial charge on any atom is 0.0568 e. The second-order valence-electron chi connectivity index (χ2n) is 4.36. The zero-order valence-electron chi connectivity index (χ0n) is 7.88. The second-order valence-corrected chi connectivity index (χ2v) is 4.36. The van der Waals surface area contributed by atoms with Crippen molar-refractivity contribution in [3.05, 3.63) is 0 Å². The Labute approximate surface area is 69.8 Å². The summed E-state index contributed by atoms with van der Waals surface area (Å²) in [7, 11) is 0. The third-order valence-corrected chi connectivity index (χ3v) is 3.14. The molecule has 0 spiro atoms. The van der Waals surface area contributed by atoms with E-state index >= 15 is 0 Å². The highest BCUT2D eigenvalue weighted by Crippen LogP contribution is 2.32. The minimum atomic E-state index is -0.0313. The van der Waals surface area contributed by atoms with Crippen molar-refractivity contribution in [1.82, 2.24) is 0 Å². The maximum atomic E-state index is 9.60. The second kappa shape index (κ2) is 3.57. The van der Waals surface area contributed by atoms with Crippen LogP contribution in [0, 0.1) is 17.8 Å². The van der Waals surface area contributed by atoms with Gasteiger partial charge < -0.3 is 5.11 Å². The van der Waals surface area contributed by atoms with Gasteiger partial charge in [0.05, 0.1) is 6.10 Å². The van der Waals surface area contributed by atoms with E-state index in [9.17, 15) is 5.11 Å². The van der Waals surface area contributed by atoms with E-state index in [0.717, 1.165) is 18.3 Å². The topological polar surface area (TPSA) is 20.2 Å². The Morgan fingerprint density at radius 1 is 1.27 bits per heavy atom. The van der Waals surface area contributed by atoms with Crippen molar-refractivity contribution in [2.75, 3.05) is 0 Å². The summed E-state index contributed by atoms with van der Waals surface area (Å²) in [5, 5.41) is 9.60. The summed E-state index contributed by atoms with van der Waals surface area (Å²) in [6.45, 7) is 6.67. The fraction of sp³-hybridized carbons (Fsp3) is 1.00. The van der Waals surface area contributed by atoms with Gasteiger partial charge in [-0.05, 0) is 37.0 Å². The molecule has 1 rings (SSSR count). The molecule has 0 heterocycles. The molecular weight excluding hydrogens is 136 g/mol. The van der Waals surface area contributed by atoms with E-state index in [-0.39, 0.29) is 6.10 Å². The standard InChI is InChI=1S/C10H20O/c1-7(2)9-5-4-8(3)10(11)6-9/h7-11H,4-6H2,1-3H3/t8-,9?,10-/m1/s1. The molecule has 1 heteroatoms. The SMILES string of the molecule is CC(C)C1CC[C@@H](C)[C@H](O)C1. The third-order valence-electron chi connectivity index (χ3n) is 3.14. The van der Waals surface area contributed by atoms with Crippen LogP contribution < -0.4 is 0 Å². The van der Waals surface area contributed by atoms with Crippen LogP contribution in [0.25, 0.3) is 0 Å². The first-order valence-electron chi connectivity index (χ1n) is 4.79. The molecule has 1 unspecified atom stereocenters. The Morgan fingerprint density at radius 3 is 2.36 bits per heavy atom. The Bertz CT molecular complexity index is 120. The number of aliphatic hydroxyl groups excluding tert-OH is 1. The summed E-state index contributed by atoms with van der Waals surface area (Å²) in [4.78, 5) is 0. The molecule has 66 valence electrons. The smallest absolute Gasteiger partial charge is 0.0568 e. The maximum absolute atomic E-state index is 9.60. The summed E-state index contributed by atoms with van der Waals surface area (Å²) in [5.74, 6) is 2.04. The van der Waals surface area contributed by atoms with Crippen LogP contribution in [0.1, 0.15) is 40.0 Å². The number of hydrogen-bond donors (Lipinski definition) is 1. The lowest BCUT2D eigenvalue weighted by molar-refractivity contribution is 0.0410. The molecule has 1 nitrogen and oxygen atoms in total. The lowest BCUT2D eigenvalue weighted by atomic mass is 9.76. The van der Waals surface area contributed by atoms with Gasteiger partial charge in [0.2, 0.25) is 0 Å². The first-order valence-corrected chi connectivity index (χ1v) is 4.79. The van der Waals surface area contributed by atoms with Crippen molar-refractivity contribution < 1.29 is 5.11 Å². The first-order chi connectivity index (χ1) is 5.11. The fourth-order valence-electron chi connectivity index (χ4n) is 1.94. The van der Waals surface area contributed by atoms with Gasteiger partial charge in [0, 0.05) is 0 Å². The Morgan fingerprint density at radius 2 is 1.91 bits per heavy atom. The molecule has 0 aliphatic heterocycles. The summed E-state index contributed by atoms with van der Waals surface area (Å²) < 4.78 is 0. The number of aliphatic hydroxyl groups is 1. The average Bonchev–Trinajstić information content (AvgIpc) is 1.94. The van der Waals surface area contributed by atoms with Crippen LogP contribution >= 0.6 is 0 Å². The van der Waals surface area contributed by atoms with E-state index in [4.69, 9.17) is 0 Å². The molecule has 0 aromatic heterocycles. The molecule has 1 aliphatic rings. The number of rotatable bonds is 1. The zero-order chi connectivity index (χ0) is 8.43. The minimum Gasteiger partial charge on any atom is -0.393 e. The average molecular weight is 156 g/mol. The molecule has 0 aromatic carbocycles. The molecule has 0 aromatic rings. The molecule has 0 radical (unpaired) electrons. The Kier molecular flexibility index (Phi) is 2.94. The Hall–Kier alpha value is -0.0400. The largest absolute Gasteiger partial charge is 0.393 e. The normalized spacial score (nSPS) is 39.5. The molecular formula is C10H20O. The van der Waals surface area contributed by atoms with Crippen molar-refractivity contribution in [2.45, 2.75) is 46.1 Å². The predicted molar refractivity (Wildman–Crippen MR) is 47.3 cm³/mol. The van der Waals surface area contributed by atoms with Crippen LogP contribution in [-0.4, -0.2) is 11.2 Å². The number of hydrogen-bond acceptors (Lipinski definition) is 1. The summed E-state index contributed by atoms with van der Waals surface area (Å²) in [6, 6.07) is 0. The van der Waals surface area contributed by atoms with Crippen LogP contribution in [0.15, 0.2) is 0 Å². The van der Waals surface area contributed by atoms with Gasteiger partial charge in [0.15, 0.2) is 0 Å². The highest BCUT2D eigenvalue weighted by molar-refractivity contribution is 4.78. The van der Waals surface area contributed by atoms with Gasteiger partial charge in [-0.1, -0.05) is 20.8 Å². The van der Waals surface area contributed by atoms with Gasteiger partial charge in [0.25, 0.3) is 0 Å². The van der Waals surface area contributed by atoms with Crippen molar-refractivity contribution >= 4 is 0 Å². The molecule has 1 saturated carbocycles. The Balaban J connectivity index is 2.40. The van der Waals surface area contributed by atoms with Gasteiger partial charge >= 0.3 is 0 Å². The molecule has 1 aliphatic carbocycles. The lowest BCUT2D eigenvalue weighted by Gasteiger charge is -2.33. The zero-order valence-corrected chi connectivity index (χ0v) is 7.88. The van der Waals surface area contributed by atoms with E-state index < -0.39 is 0 Å². The quantitative estimate of drug-likeness (QED) is 0.618. The van der Waals surface area contributed by atoms with E-state index in [2.05, 4.69) is 20.8 Å². The molecule has 0 amide bonds. The fourth-order valence-corrected chi connectivity index (χ4v) is 1.94. The van der Waals surface area contributed by atoms with Gasteiger partial charge in [-0.3, -0.25) is 0 Å². The molecule has 0 saturated heterocycles. The van der Waals surface area contributed by atoms with E-state index in [1.54, 1.807) is 0 Å². The minimum absolute atomic E-state index is 0.0313. The van der Waals surface area contributed by atoms with Gasteiger partial charge in [0.1, 0.15) is 0 Å². The highest BCUT2D eigenvalue weighted by atomic mass is 16.3. The van der Waals surface area contributed by atoms with E-state index in [1.165, 1.54) is 12.8 Å². The molecule has 0 bridgehead atoms. The van der Waals surface area contributed by atoms with Crippen LogP contribution in [0.3, 0.4) is 0 Å². The predicted octanol–water partition coefficient (Wildman–Crippen LogP) is 2.44. The summed E-state index contributed by atoms with van der Waals surface area (Å²) in [5.41, 5.74) is 0. The lowest BCUT2D eigenvalue weighted by Crippen LogP contribution is -2.29. The third kappa shape index (κ3) is 2.19. The first kappa shape index (κ1) is 9.05. The molecule has 11 heavy (non-hydrogen) atoms. The van der Waals surface area contributed by atoms with Crippen molar-refractivity contribution in [2.24, 2.45) is 17.8 Å². The highest BCUT2D eigenvalue weighted by Gasteiger charge is 2.27. The van der Waals surface area contributed by atoms with Crippen LogP contribution in [0.5, 0.6) is 0 Å². The van der Waals surface area contributed by atoms with Crippen molar-refractivity contribution in [3.8, 4) is 0 Å². The summed E-state index contributed by atoms with van der Waals surface area (Å²) >= 11 is 0. The molecule has 1 N–H and O–H groups in total. The van der Waals surface area contributed by atoms with Gasteiger partial charge in [-0.2, -0.15) is 0 Å². The van der Waals surface area contributed by atoms with Gasteiger partial charge in [-0.25, -0.2) is 0 Å². The van der Waals surface area contributed by atoms with Gasteiger partial charge in [-0.15, -0.1) is 0 Å². The molecule has 1 fully saturated rings. The van der Waals surface area contributed by atoms with Crippen LogP contribution in [-0.2, 0) is 0 Å². The molecule has 3 atom stereocenters. The van der Waals surface area contributed by atoms with Crippen molar-refractivity contribution in [1.29, 1.82) is 0 Å².